The van der Waals surface area contributed by atoms with Gasteiger partial charge in [0, 0.05) is 12.2 Å². The fraction of sp³-hybridized carbons (Fsp3) is 0.333. The first-order valence-electron chi connectivity index (χ1n) is 6.61. The highest BCUT2D eigenvalue weighted by molar-refractivity contribution is 5.57. The lowest BCUT2D eigenvalue weighted by Crippen LogP contribution is -2.07. The molecule has 104 valence electrons. The molecular formula is C15H17FN4. The summed E-state index contributed by atoms with van der Waals surface area (Å²) in [5.74, 6) is -0.409. The third-order valence-electron chi connectivity index (χ3n) is 3.27. The van der Waals surface area contributed by atoms with Crippen molar-refractivity contribution in [3.05, 3.63) is 47.5 Å². The van der Waals surface area contributed by atoms with Crippen LogP contribution in [-0.4, -0.2) is 9.78 Å². The van der Waals surface area contributed by atoms with E-state index in [2.05, 4.69) is 24.3 Å². The molecule has 1 unspecified atom stereocenters. The van der Waals surface area contributed by atoms with Gasteiger partial charge in [-0.15, -0.1) is 0 Å². The Kier molecular flexibility index (Phi) is 4.36. The zero-order valence-corrected chi connectivity index (χ0v) is 11.6. The summed E-state index contributed by atoms with van der Waals surface area (Å²) in [5.41, 5.74) is 1.80. The fourth-order valence-corrected chi connectivity index (χ4v) is 1.85. The molecule has 0 saturated heterocycles. The largest absolute Gasteiger partial charge is 0.378 e. The van der Waals surface area contributed by atoms with E-state index in [1.54, 1.807) is 6.07 Å². The Bertz CT molecular complexity index is 627. The molecule has 1 atom stereocenters. The molecule has 0 aliphatic carbocycles. The van der Waals surface area contributed by atoms with Crippen LogP contribution in [0.15, 0.2) is 30.5 Å². The van der Waals surface area contributed by atoms with Crippen molar-refractivity contribution in [1.29, 1.82) is 5.26 Å². The summed E-state index contributed by atoms with van der Waals surface area (Å²) in [6, 6.07) is 8.41. The standard InChI is InChI=1S/C15H17FN4/c1-3-11(2)20-7-6-14(19-20)10-18-15-5-4-13(16)8-12(15)9-17/h4-8,11,18H,3,10H2,1-2H3. The number of nitriles is 1. The van der Waals surface area contributed by atoms with E-state index >= 15 is 0 Å². The van der Waals surface area contributed by atoms with Crippen molar-refractivity contribution in [3.63, 3.8) is 0 Å². The first-order chi connectivity index (χ1) is 9.63. The molecule has 0 saturated carbocycles. The maximum atomic E-state index is 13.0. The number of benzene rings is 1. The molecule has 0 fully saturated rings. The summed E-state index contributed by atoms with van der Waals surface area (Å²) in [7, 11) is 0. The Balaban J connectivity index is 2.06. The highest BCUT2D eigenvalue weighted by Crippen LogP contribution is 2.17. The number of hydrogen-bond acceptors (Lipinski definition) is 3. The van der Waals surface area contributed by atoms with E-state index < -0.39 is 5.82 Å². The fourth-order valence-electron chi connectivity index (χ4n) is 1.85. The third kappa shape index (κ3) is 3.15. The van der Waals surface area contributed by atoms with Gasteiger partial charge in [-0.1, -0.05) is 6.92 Å². The van der Waals surface area contributed by atoms with Crippen molar-refractivity contribution >= 4 is 5.69 Å². The molecule has 0 bridgehead atoms. The summed E-state index contributed by atoms with van der Waals surface area (Å²) in [5, 5.41) is 16.6. The number of aromatic nitrogens is 2. The van der Waals surface area contributed by atoms with Crippen LogP contribution in [-0.2, 0) is 6.54 Å². The molecule has 0 aliphatic heterocycles. The Hall–Kier alpha value is -2.35. The molecule has 1 N–H and O–H groups in total. The van der Waals surface area contributed by atoms with Crippen LogP contribution in [0.3, 0.4) is 0 Å². The lowest BCUT2D eigenvalue weighted by Gasteiger charge is -2.09. The second-order valence-electron chi connectivity index (χ2n) is 4.70. The SMILES string of the molecule is CCC(C)n1ccc(CNc2ccc(F)cc2C#N)n1. The average Bonchev–Trinajstić information content (AvgIpc) is 2.93. The van der Waals surface area contributed by atoms with Crippen LogP contribution in [0, 0.1) is 17.1 Å². The Morgan fingerprint density at radius 2 is 2.25 bits per heavy atom. The number of halogens is 1. The van der Waals surface area contributed by atoms with Gasteiger partial charge in [0.05, 0.1) is 23.5 Å². The van der Waals surface area contributed by atoms with E-state index in [0.29, 0.717) is 23.8 Å². The molecule has 1 heterocycles. The molecule has 2 rings (SSSR count). The quantitative estimate of drug-likeness (QED) is 0.906. The maximum Gasteiger partial charge on any atom is 0.124 e. The van der Waals surface area contributed by atoms with Gasteiger partial charge < -0.3 is 5.32 Å². The number of rotatable bonds is 5. The number of nitrogens with zero attached hydrogens (tertiary/aromatic N) is 3. The molecule has 0 spiro atoms. The lowest BCUT2D eigenvalue weighted by atomic mass is 10.2. The van der Waals surface area contributed by atoms with Crippen molar-refractivity contribution in [3.8, 4) is 6.07 Å². The second kappa shape index (κ2) is 6.20. The van der Waals surface area contributed by atoms with Crippen LogP contribution in [0.25, 0.3) is 0 Å². The number of anilines is 1. The first-order valence-corrected chi connectivity index (χ1v) is 6.61. The van der Waals surface area contributed by atoms with Crippen molar-refractivity contribution in [1.82, 2.24) is 9.78 Å². The highest BCUT2D eigenvalue weighted by atomic mass is 19.1. The third-order valence-corrected chi connectivity index (χ3v) is 3.27. The van der Waals surface area contributed by atoms with Crippen molar-refractivity contribution < 1.29 is 4.39 Å². The van der Waals surface area contributed by atoms with Crippen LogP contribution >= 0.6 is 0 Å². The molecule has 4 nitrogen and oxygen atoms in total. The van der Waals surface area contributed by atoms with E-state index in [-0.39, 0.29) is 0 Å². The van der Waals surface area contributed by atoms with Gasteiger partial charge in [-0.2, -0.15) is 10.4 Å². The minimum absolute atomic E-state index is 0.298. The van der Waals surface area contributed by atoms with Crippen LogP contribution in [0.2, 0.25) is 0 Å². The predicted molar refractivity (Wildman–Crippen MR) is 75.7 cm³/mol. The molecular weight excluding hydrogens is 255 g/mol. The Morgan fingerprint density at radius 1 is 1.45 bits per heavy atom. The molecule has 20 heavy (non-hydrogen) atoms. The topological polar surface area (TPSA) is 53.6 Å². The zero-order valence-electron chi connectivity index (χ0n) is 11.6. The van der Waals surface area contributed by atoms with Crippen molar-refractivity contribution in [2.75, 3.05) is 5.32 Å². The van der Waals surface area contributed by atoms with Gasteiger partial charge >= 0.3 is 0 Å². The van der Waals surface area contributed by atoms with E-state index in [1.807, 2.05) is 23.0 Å². The van der Waals surface area contributed by atoms with E-state index in [4.69, 9.17) is 5.26 Å². The molecule has 0 amide bonds. The summed E-state index contributed by atoms with van der Waals surface area (Å²) >= 11 is 0. The maximum absolute atomic E-state index is 13.0. The van der Waals surface area contributed by atoms with Gasteiger partial charge in [-0.05, 0) is 37.6 Å². The molecule has 5 heteroatoms. The minimum atomic E-state index is -0.409. The van der Waals surface area contributed by atoms with E-state index in [0.717, 1.165) is 12.1 Å². The molecule has 0 aliphatic rings. The smallest absolute Gasteiger partial charge is 0.124 e. The van der Waals surface area contributed by atoms with Gasteiger partial charge in [0.25, 0.3) is 0 Å². The number of hydrogen-bond donors (Lipinski definition) is 1. The number of nitrogens with one attached hydrogen (secondary N) is 1. The summed E-state index contributed by atoms with van der Waals surface area (Å²) in [6.07, 6.45) is 2.96. The minimum Gasteiger partial charge on any atom is -0.378 e. The molecule has 2 aromatic rings. The van der Waals surface area contributed by atoms with Crippen LogP contribution < -0.4 is 5.32 Å². The highest BCUT2D eigenvalue weighted by Gasteiger charge is 2.06. The van der Waals surface area contributed by atoms with Crippen molar-refractivity contribution in [2.24, 2.45) is 0 Å². The van der Waals surface area contributed by atoms with E-state index in [9.17, 15) is 4.39 Å². The average molecular weight is 272 g/mol. The second-order valence-corrected chi connectivity index (χ2v) is 4.70. The summed E-state index contributed by atoms with van der Waals surface area (Å²) in [4.78, 5) is 0. The Morgan fingerprint density at radius 3 is 2.95 bits per heavy atom. The van der Waals surface area contributed by atoms with Gasteiger partial charge in [-0.3, -0.25) is 4.68 Å². The van der Waals surface area contributed by atoms with Crippen LogP contribution in [0.4, 0.5) is 10.1 Å². The Labute approximate surface area is 117 Å². The lowest BCUT2D eigenvalue weighted by molar-refractivity contribution is 0.474. The van der Waals surface area contributed by atoms with Crippen LogP contribution in [0.5, 0.6) is 0 Å². The van der Waals surface area contributed by atoms with Gasteiger partial charge in [0.15, 0.2) is 0 Å². The molecule has 1 aromatic carbocycles. The van der Waals surface area contributed by atoms with Crippen molar-refractivity contribution in [2.45, 2.75) is 32.9 Å². The summed E-state index contributed by atoms with van der Waals surface area (Å²) < 4.78 is 15.0. The van der Waals surface area contributed by atoms with Gasteiger partial charge in [0.1, 0.15) is 11.9 Å². The normalized spacial score (nSPS) is 11.9. The van der Waals surface area contributed by atoms with Crippen LogP contribution in [0.1, 0.15) is 37.6 Å². The monoisotopic (exact) mass is 272 g/mol. The van der Waals surface area contributed by atoms with Gasteiger partial charge in [-0.25, -0.2) is 4.39 Å². The molecule has 0 radical (unpaired) electrons. The predicted octanol–water partition coefficient (Wildman–Crippen LogP) is 3.48. The molecule has 1 aromatic heterocycles. The van der Waals surface area contributed by atoms with E-state index in [1.165, 1.54) is 12.1 Å². The zero-order chi connectivity index (χ0) is 14.5. The first kappa shape index (κ1) is 14.1. The van der Waals surface area contributed by atoms with Gasteiger partial charge in [0.2, 0.25) is 0 Å². The summed E-state index contributed by atoms with van der Waals surface area (Å²) in [6.45, 7) is 4.73.